The molecule has 2 heteroatoms. The molecular weight excluding hydrogens is 635 g/mol. The zero-order valence-corrected chi connectivity index (χ0v) is 29.3. The molecule has 0 fully saturated rings. The topological polar surface area (TPSA) is 4.93 Å². The number of hydrogen-bond donors (Lipinski definition) is 0. The van der Waals surface area contributed by atoms with Crippen molar-refractivity contribution in [2.75, 3.05) is 0 Å². The van der Waals surface area contributed by atoms with Crippen molar-refractivity contribution in [3.8, 4) is 39.1 Å². The molecule has 2 aromatic heterocycles. The van der Waals surface area contributed by atoms with Gasteiger partial charge in [0, 0.05) is 52.8 Å². The third-order valence-corrected chi connectivity index (χ3v) is 12.6. The van der Waals surface area contributed by atoms with Crippen LogP contribution in [0.15, 0.2) is 164 Å². The fraction of sp³-hybridized carbons (Fsp3) is 0.0612. The van der Waals surface area contributed by atoms with E-state index >= 15 is 0 Å². The first kappa shape index (κ1) is 28.8. The van der Waals surface area contributed by atoms with Gasteiger partial charge in [0.25, 0.3) is 0 Å². The van der Waals surface area contributed by atoms with E-state index in [-0.39, 0.29) is 5.41 Å². The van der Waals surface area contributed by atoms with Crippen LogP contribution in [-0.2, 0) is 5.41 Å². The Kier molecular flexibility index (Phi) is 5.95. The lowest BCUT2D eigenvalue weighted by Gasteiger charge is -2.22. The molecule has 51 heavy (non-hydrogen) atoms. The number of aromatic nitrogens is 1. The monoisotopic (exact) mass is 667 g/mol. The van der Waals surface area contributed by atoms with Gasteiger partial charge >= 0.3 is 0 Å². The largest absolute Gasteiger partial charge is 0.309 e. The van der Waals surface area contributed by atoms with Crippen LogP contribution >= 0.6 is 11.3 Å². The van der Waals surface area contributed by atoms with Crippen molar-refractivity contribution in [2.45, 2.75) is 19.3 Å². The summed E-state index contributed by atoms with van der Waals surface area (Å²) in [6.07, 6.45) is 0. The van der Waals surface area contributed by atoms with Crippen LogP contribution in [0.5, 0.6) is 0 Å². The summed E-state index contributed by atoms with van der Waals surface area (Å²) >= 11 is 1.93. The van der Waals surface area contributed by atoms with E-state index in [4.69, 9.17) is 0 Å². The van der Waals surface area contributed by atoms with Crippen molar-refractivity contribution in [3.05, 3.63) is 175 Å². The average molecular weight is 668 g/mol. The Morgan fingerprint density at radius 3 is 1.94 bits per heavy atom. The Bertz CT molecular complexity index is 3030. The molecule has 11 rings (SSSR count). The van der Waals surface area contributed by atoms with E-state index in [0.717, 1.165) is 0 Å². The van der Waals surface area contributed by atoms with Crippen molar-refractivity contribution in [3.63, 3.8) is 0 Å². The summed E-state index contributed by atoms with van der Waals surface area (Å²) in [5.41, 5.74) is 14.2. The quantitative estimate of drug-likeness (QED) is 0.177. The summed E-state index contributed by atoms with van der Waals surface area (Å²) in [5, 5.41) is 7.89. The predicted octanol–water partition coefficient (Wildman–Crippen LogP) is 13.9. The molecule has 0 atom stereocenters. The second-order valence-corrected chi connectivity index (χ2v) is 15.5. The molecule has 0 amide bonds. The molecule has 1 aliphatic rings. The molecule has 2 heterocycles. The van der Waals surface area contributed by atoms with Crippen LogP contribution in [0.25, 0.3) is 91.8 Å². The minimum Gasteiger partial charge on any atom is -0.309 e. The SMILES string of the molecule is CC1(C)c2ccccc2-c2ccc(-c3ccc4sc5c6ccccc6c6c(c7ccc(-c8ccccc8)cc7n6-c6ccccc6)c5c4c3)cc21. The number of nitrogens with zero attached hydrogens (tertiary/aromatic N) is 1. The maximum absolute atomic E-state index is 2.51. The molecule has 10 aromatic rings. The maximum atomic E-state index is 2.51. The Morgan fingerprint density at radius 1 is 0.451 bits per heavy atom. The Balaban J connectivity index is 1.24. The first-order valence-electron chi connectivity index (χ1n) is 17.8. The van der Waals surface area contributed by atoms with Gasteiger partial charge in [0.2, 0.25) is 0 Å². The van der Waals surface area contributed by atoms with Crippen LogP contribution in [0.1, 0.15) is 25.0 Å². The number of fused-ring (bicyclic) bond motifs is 13. The van der Waals surface area contributed by atoms with Crippen LogP contribution in [0.3, 0.4) is 0 Å². The second-order valence-electron chi connectivity index (χ2n) is 14.5. The second kappa shape index (κ2) is 10.5. The Morgan fingerprint density at radius 2 is 1.10 bits per heavy atom. The summed E-state index contributed by atoms with van der Waals surface area (Å²) in [5.74, 6) is 0. The molecule has 1 nitrogen and oxygen atoms in total. The van der Waals surface area contributed by atoms with E-state index in [0.29, 0.717) is 0 Å². The molecule has 0 saturated heterocycles. The van der Waals surface area contributed by atoms with Crippen LogP contribution in [-0.4, -0.2) is 4.57 Å². The Hall–Kier alpha value is -5.96. The van der Waals surface area contributed by atoms with Crippen molar-refractivity contribution >= 4 is 64.1 Å². The van der Waals surface area contributed by atoms with E-state index < -0.39 is 0 Å². The molecule has 0 unspecified atom stereocenters. The lowest BCUT2D eigenvalue weighted by Crippen LogP contribution is -2.14. The van der Waals surface area contributed by atoms with Crippen molar-refractivity contribution in [2.24, 2.45) is 0 Å². The summed E-state index contributed by atoms with van der Waals surface area (Å²) in [6.45, 7) is 4.73. The predicted molar refractivity (Wildman–Crippen MR) is 220 cm³/mol. The molecule has 240 valence electrons. The van der Waals surface area contributed by atoms with Gasteiger partial charge in [-0.1, -0.05) is 141 Å². The van der Waals surface area contributed by atoms with E-state index in [1.165, 1.54) is 103 Å². The van der Waals surface area contributed by atoms with Crippen molar-refractivity contribution < 1.29 is 0 Å². The zero-order chi connectivity index (χ0) is 33.8. The minimum absolute atomic E-state index is 0.0376. The first-order valence-corrected chi connectivity index (χ1v) is 18.6. The molecule has 0 saturated carbocycles. The van der Waals surface area contributed by atoms with Gasteiger partial charge in [-0.25, -0.2) is 0 Å². The highest BCUT2D eigenvalue weighted by Crippen LogP contribution is 2.51. The number of rotatable bonds is 3. The number of benzene rings is 8. The van der Waals surface area contributed by atoms with Crippen LogP contribution < -0.4 is 0 Å². The molecule has 0 N–H and O–H groups in total. The van der Waals surface area contributed by atoms with Crippen molar-refractivity contribution in [1.82, 2.24) is 4.57 Å². The zero-order valence-electron chi connectivity index (χ0n) is 28.4. The fourth-order valence-electron chi connectivity index (χ4n) is 8.94. The molecule has 8 aromatic carbocycles. The van der Waals surface area contributed by atoms with Crippen LogP contribution in [0.4, 0.5) is 0 Å². The fourth-order valence-corrected chi connectivity index (χ4v) is 10.2. The van der Waals surface area contributed by atoms with E-state index in [9.17, 15) is 0 Å². The smallest absolute Gasteiger partial charge is 0.0626 e. The lowest BCUT2D eigenvalue weighted by atomic mass is 9.81. The highest BCUT2D eigenvalue weighted by molar-refractivity contribution is 7.27. The molecule has 0 aliphatic heterocycles. The normalized spacial score (nSPS) is 13.5. The number of para-hydroxylation sites is 1. The first-order chi connectivity index (χ1) is 25.1. The molecule has 0 bridgehead atoms. The van der Waals surface area contributed by atoms with E-state index in [1.807, 2.05) is 11.3 Å². The van der Waals surface area contributed by atoms with Gasteiger partial charge in [-0.15, -0.1) is 11.3 Å². The average Bonchev–Trinajstić information content (AvgIpc) is 3.81. The molecule has 0 spiro atoms. The number of thiophene rings is 1. The van der Waals surface area contributed by atoms with Gasteiger partial charge in [0.05, 0.1) is 11.0 Å². The van der Waals surface area contributed by atoms with Gasteiger partial charge in [0.1, 0.15) is 0 Å². The molecular formula is C49H33NS. The van der Waals surface area contributed by atoms with Gasteiger partial charge in [0.15, 0.2) is 0 Å². The van der Waals surface area contributed by atoms with E-state index in [2.05, 4.69) is 182 Å². The third-order valence-electron chi connectivity index (χ3n) is 11.4. The minimum atomic E-state index is -0.0376. The van der Waals surface area contributed by atoms with E-state index in [1.54, 1.807) is 0 Å². The van der Waals surface area contributed by atoms with Crippen molar-refractivity contribution in [1.29, 1.82) is 0 Å². The van der Waals surface area contributed by atoms with Gasteiger partial charge in [-0.2, -0.15) is 0 Å². The highest BCUT2D eigenvalue weighted by atomic mass is 32.1. The molecule has 1 aliphatic carbocycles. The summed E-state index contributed by atoms with van der Waals surface area (Å²) < 4.78 is 5.18. The lowest BCUT2D eigenvalue weighted by molar-refractivity contribution is 0.660. The Labute approximate surface area is 300 Å². The molecule has 0 radical (unpaired) electrons. The maximum Gasteiger partial charge on any atom is 0.0626 e. The number of hydrogen-bond acceptors (Lipinski definition) is 1. The van der Waals surface area contributed by atoms with Crippen LogP contribution in [0.2, 0.25) is 0 Å². The standard InChI is InChI=1S/C49H33NS/c1-49(2)41-20-12-11-17-35(41)36-24-21-32(28-42(36)49)31-23-26-44-40(27-31)46-45-39-25-22-33(30-13-5-3-6-14-30)29-43(39)50(34-15-7-4-8-16-34)47(45)37-18-9-10-19-38(37)48(46)51-44/h3-29H,1-2H3. The van der Waals surface area contributed by atoms with Gasteiger partial charge in [-0.3, -0.25) is 0 Å². The third kappa shape index (κ3) is 4.03. The van der Waals surface area contributed by atoms with Gasteiger partial charge in [-0.05, 0) is 80.9 Å². The summed E-state index contributed by atoms with van der Waals surface area (Å²) in [6, 6.07) is 60.9. The summed E-state index contributed by atoms with van der Waals surface area (Å²) in [4.78, 5) is 0. The highest BCUT2D eigenvalue weighted by Gasteiger charge is 2.35. The summed E-state index contributed by atoms with van der Waals surface area (Å²) in [7, 11) is 0. The van der Waals surface area contributed by atoms with Crippen LogP contribution in [0, 0.1) is 0 Å². The van der Waals surface area contributed by atoms with Gasteiger partial charge < -0.3 is 4.57 Å².